The average molecular weight is 237 g/mol. The van der Waals surface area contributed by atoms with E-state index >= 15 is 0 Å². The summed E-state index contributed by atoms with van der Waals surface area (Å²) in [6.45, 7) is 2.65. The van der Waals surface area contributed by atoms with Crippen molar-refractivity contribution in [1.82, 2.24) is 10.2 Å². The number of nitrogens with two attached hydrogens (primary N) is 1. The summed E-state index contributed by atoms with van der Waals surface area (Å²) < 4.78 is 5.14. The number of nitrogens with one attached hydrogen (secondary N) is 1. The summed E-state index contributed by atoms with van der Waals surface area (Å²) in [6.07, 6.45) is 3.74. The Morgan fingerprint density at radius 1 is 1.65 bits per heavy atom. The van der Waals surface area contributed by atoms with Crippen LogP contribution in [0.3, 0.4) is 0 Å². The molecule has 1 fully saturated rings. The lowest BCUT2D eigenvalue weighted by molar-refractivity contribution is -0.122. The van der Waals surface area contributed by atoms with E-state index in [4.69, 9.17) is 10.2 Å². The minimum Gasteiger partial charge on any atom is -0.467 e. The van der Waals surface area contributed by atoms with Crippen molar-refractivity contribution in [3.05, 3.63) is 24.2 Å². The number of likely N-dealkylation sites (tertiary alicyclic amines) is 1. The molecular weight excluding hydrogens is 218 g/mol. The maximum absolute atomic E-state index is 11.7. The molecule has 1 aromatic rings. The summed E-state index contributed by atoms with van der Waals surface area (Å²) in [7, 11) is 0. The number of carbonyl (C=O) groups excluding carboxylic acids is 1. The van der Waals surface area contributed by atoms with Gasteiger partial charge in [0.25, 0.3) is 0 Å². The van der Waals surface area contributed by atoms with E-state index in [-0.39, 0.29) is 11.9 Å². The van der Waals surface area contributed by atoms with Crippen LogP contribution in [0.25, 0.3) is 0 Å². The Kier molecular flexibility index (Phi) is 4.17. The standard InChI is InChI=1S/C12H19N3O2/c13-10-3-1-5-15(8-10)9-12(16)14-7-11-4-2-6-17-11/h2,4,6,10H,1,3,5,7-9,13H2,(H,14,16)/t10-/m1/s1. The second-order valence-electron chi connectivity index (χ2n) is 4.49. The molecule has 3 N–H and O–H groups in total. The van der Waals surface area contributed by atoms with Crippen molar-refractivity contribution in [3.8, 4) is 0 Å². The summed E-state index contributed by atoms with van der Waals surface area (Å²) in [5, 5.41) is 2.83. The molecule has 0 aromatic carbocycles. The van der Waals surface area contributed by atoms with Crippen molar-refractivity contribution in [2.45, 2.75) is 25.4 Å². The highest BCUT2D eigenvalue weighted by Gasteiger charge is 2.18. The van der Waals surface area contributed by atoms with Crippen LogP contribution in [-0.2, 0) is 11.3 Å². The van der Waals surface area contributed by atoms with Gasteiger partial charge in [0, 0.05) is 12.6 Å². The molecule has 0 spiro atoms. The second kappa shape index (κ2) is 5.84. The Morgan fingerprint density at radius 2 is 2.53 bits per heavy atom. The highest BCUT2D eigenvalue weighted by atomic mass is 16.3. The fourth-order valence-corrected chi connectivity index (χ4v) is 2.09. The maximum Gasteiger partial charge on any atom is 0.234 e. The minimum atomic E-state index is 0.0236. The van der Waals surface area contributed by atoms with Crippen LogP contribution in [0.2, 0.25) is 0 Å². The number of hydrogen-bond acceptors (Lipinski definition) is 4. The van der Waals surface area contributed by atoms with Gasteiger partial charge in [-0.05, 0) is 31.5 Å². The van der Waals surface area contributed by atoms with Crippen LogP contribution in [-0.4, -0.2) is 36.5 Å². The fraction of sp³-hybridized carbons (Fsp3) is 0.583. The molecule has 0 radical (unpaired) electrons. The van der Waals surface area contributed by atoms with Crippen LogP contribution in [0.4, 0.5) is 0 Å². The van der Waals surface area contributed by atoms with Gasteiger partial charge in [0.05, 0.1) is 19.4 Å². The lowest BCUT2D eigenvalue weighted by Crippen LogP contribution is -2.46. The molecule has 5 nitrogen and oxygen atoms in total. The quantitative estimate of drug-likeness (QED) is 0.791. The highest BCUT2D eigenvalue weighted by Crippen LogP contribution is 2.07. The van der Waals surface area contributed by atoms with Crippen molar-refractivity contribution in [2.75, 3.05) is 19.6 Å². The van der Waals surface area contributed by atoms with Crippen molar-refractivity contribution in [2.24, 2.45) is 5.73 Å². The van der Waals surface area contributed by atoms with E-state index in [1.165, 1.54) is 0 Å². The molecule has 1 aliphatic heterocycles. The average Bonchev–Trinajstić information content (AvgIpc) is 2.79. The minimum absolute atomic E-state index is 0.0236. The highest BCUT2D eigenvalue weighted by molar-refractivity contribution is 5.77. The van der Waals surface area contributed by atoms with Crippen molar-refractivity contribution < 1.29 is 9.21 Å². The third-order valence-corrected chi connectivity index (χ3v) is 2.95. The second-order valence-corrected chi connectivity index (χ2v) is 4.49. The molecule has 0 aliphatic carbocycles. The Labute approximate surface area is 101 Å². The molecule has 1 saturated heterocycles. The molecule has 1 aromatic heterocycles. The van der Waals surface area contributed by atoms with Crippen molar-refractivity contribution in [1.29, 1.82) is 0 Å². The summed E-state index contributed by atoms with van der Waals surface area (Å²) in [5.74, 6) is 0.796. The molecule has 94 valence electrons. The van der Waals surface area contributed by atoms with E-state index in [0.717, 1.165) is 31.7 Å². The Morgan fingerprint density at radius 3 is 3.24 bits per heavy atom. The molecule has 1 atom stereocenters. The number of piperidine rings is 1. The zero-order chi connectivity index (χ0) is 12.1. The maximum atomic E-state index is 11.7. The molecular formula is C12H19N3O2. The third kappa shape index (κ3) is 3.87. The number of hydrogen-bond donors (Lipinski definition) is 2. The van der Waals surface area contributed by atoms with E-state index in [1.807, 2.05) is 12.1 Å². The number of amides is 1. The van der Waals surface area contributed by atoms with Gasteiger partial charge in [0.15, 0.2) is 0 Å². The van der Waals surface area contributed by atoms with E-state index in [9.17, 15) is 4.79 Å². The van der Waals surface area contributed by atoms with Gasteiger partial charge in [-0.3, -0.25) is 9.69 Å². The monoisotopic (exact) mass is 237 g/mol. The predicted molar refractivity (Wildman–Crippen MR) is 64.2 cm³/mol. The van der Waals surface area contributed by atoms with Gasteiger partial charge < -0.3 is 15.5 Å². The zero-order valence-corrected chi connectivity index (χ0v) is 9.89. The predicted octanol–water partition coefficient (Wildman–Crippen LogP) is 0.319. The summed E-state index contributed by atoms with van der Waals surface area (Å²) in [5.41, 5.74) is 5.86. The molecule has 0 saturated carbocycles. The van der Waals surface area contributed by atoms with Crippen LogP contribution in [0.1, 0.15) is 18.6 Å². The number of nitrogens with zero attached hydrogens (tertiary/aromatic N) is 1. The smallest absolute Gasteiger partial charge is 0.234 e. The number of furan rings is 1. The topological polar surface area (TPSA) is 71.5 Å². The van der Waals surface area contributed by atoms with Gasteiger partial charge in [-0.1, -0.05) is 0 Å². The Balaban J connectivity index is 1.70. The molecule has 1 aliphatic rings. The number of carbonyl (C=O) groups is 1. The first kappa shape index (κ1) is 12.1. The van der Waals surface area contributed by atoms with Gasteiger partial charge >= 0.3 is 0 Å². The lowest BCUT2D eigenvalue weighted by Gasteiger charge is -2.29. The largest absolute Gasteiger partial charge is 0.467 e. The molecule has 0 bridgehead atoms. The van der Waals surface area contributed by atoms with Crippen LogP contribution in [0, 0.1) is 0 Å². The SMILES string of the molecule is N[C@@H]1CCCN(CC(=O)NCc2ccco2)C1. The van der Waals surface area contributed by atoms with Gasteiger partial charge in [-0.15, -0.1) is 0 Å². The van der Waals surface area contributed by atoms with Gasteiger partial charge in [-0.2, -0.15) is 0 Å². The molecule has 2 heterocycles. The first-order chi connectivity index (χ1) is 8.24. The summed E-state index contributed by atoms with van der Waals surface area (Å²) in [6, 6.07) is 3.86. The Hall–Kier alpha value is -1.33. The fourth-order valence-electron chi connectivity index (χ4n) is 2.09. The molecule has 0 unspecified atom stereocenters. The first-order valence-corrected chi connectivity index (χ1v) is 6.01. The van der Waals surface area contributed by atoms with E-state index in [2.05, 4.69) is 10.2 Å². The van der Waals surface area contributed by atoms with Gasteiger partial charge in [0.2, 0.25) is 5.91 Å². The van der Waals surface area contributed by atoms with Crippen molar-refractivity contribution >= 4 is 5.91 Å². The lowest BCUT2D eigenvalue weighted by atomic mass is 10.1. The zero-order valence-electron chi connectivity index (χ0n) is 9.89. The Bertz CT molecular complexity index is 351. The number of rotatable bonds is 4. The normalized spacial score (nSPS) is 21.4. The van der Waals surface area contributed by atoms with E-state index < -0.39 is 0 Å². The van der Waals surface area contributed by atoms with Gasteiger partial charge in [-0.25, -0.2) is 0 Å². The molecule has 5 heteroatoms. The van der Waals surface area contributed by atoms with Crippen LogP contribution in [0.5, 0.6) is 0 Å². The van der Waals surface area contributed by atoms with E-state index in [1.54, 1.807) is 6.26 Å². The third-order valence-electron chi connectivity index (χ3n) is 2.95. The van der Waals surface area contributed by atoms with Crippen LogP contribution < -0.4 is 11.1 Å². The van der Waals surface area contributed by atoms with E-state index in [0.29, 0.717) is 13.1 Å². The van der Waals surface area contributed by atoms with Crippen LogP contribution in [0.15, 0.2) is 22.8 Å². The molecule has 2 rings (SSSR count). The summed E-state index contributed by atoms with van der Waals surface area (Å²) in [4.78, 5) is 13.8. The van der Waals surface area contributed by atoms with Gasteiger partial charge in [0.1, 0.15) is 5.76 Å². The molecule has 1 amide bonds. The van der Waals surface area contributed by atoms with Crippen molar-refractivity contribution in [3.63, 3.8) is 0 Å². The summed E-state index contributed by atoms with van der Waals surface area (Å²) >= 11 is 0. The molecule has 17 heavy (non-hydrogen) atoms. The first-order valence-electron chi connectivity index (χ1n) is 6.01. The van der Waals surface area contributed by atoms with Crippen LogP contribution >= 0.6 is 0 Å².